The maximum Gasteiger partial charge on any atom is 0.307 e. The molecule has 0 saturated heterocycles. The molecular formula is C11H14N4O2S. The lowest BCUT2D eigenvalue weighted by molar-refractivity contribution is -0.140. The van der Waals surface area contributed by atoms with Crippen molar-refractivity contribution >= 4 is 33.5 Å². The Morgan fingerprint density at radius 2 is 2.28 bits per heavy atom. The van der Waals surface area contributed by atoms with Gasteiger partial charge in [-0.1, -0.05) is 0 Å². The molecule has 0 aliphatic heterocycles. The number of esters is 1. The molecule has 96 valence electrons. The third kappa shape index (κ3) is 2.40. The fourth-order valence-electron chi connectivity index (χ4n) is 1.66. The SMILES string of the molecule is COC(=O)CCN(C)c1ncnc2snc(C)c12. The van der Waals surface area contributed by atoms with Crippen molar-refractivity contribution in [1.82, 2.24) is 14.3 Å². The van der Waals surface area contributed by atoms with Gasteiger partial charge in [-0.2, -0.15) is 4.37 Å². The van der Waals surface area contributed by atoms with E-state index in [0.29, 0.717) is 13.0 Å². The highest BCUT2D eigenvalue weighted by Gasteiger charge is 2.14. The molecular weight excluding hydrogens is 252 g/mol. The molecule has 2 rings (SSSR count). The van der Waals surface area contributed by atoms with Crippen LogP contribution in [0.5, 0.6) is 0 Å². The van der Waals surface area contributed by atoms with Gasteiger partial charge in [-0.15, -0.1) is 0 Å². The molecule has 0 aliphatic rings. The predicted molar refractivity (Wildman–Crippen MR) is 69.9 cm³/mol. The van der Waals surface area contributed by atoms with Crippen LogP contribution in [0.15, 0.2) is 6.33 Å². The molecule has 6 nitrogen and oxygen atoms in total. The largest absolute Gasteiger partial charge is 0.469 e. The molecule has 7 heteroatoms. The summed E-state index contributed by atoms with van der Waals surface area (Å²) >= 11 is 1.35. The highest BCUT2D eigenvalue weighted by Crippen LogP contribution is 2.27. The molecule has 2 aromatic heterocycles. The van der Waals surface area contributed by atoms with Gasteiger partial charge in [0.2, 0.25) is 0 Å². The molecule has 0 fully saturated rings. The molecule has 18 heavy (non-hydrogen) atoms. The van der Waals surface area contributed by atoms with Gasteiger partial charge in [0.1, 0.15) is 17.0 Å². The summed E-state index contributed by atoms with van der Waals surface area (Å²) in [4.78, 5) is 22.4. The lowest BCUT2D eigenvalue weighted by atomic mass is 10.3. The van der Waals surface area contributed by atoms with Gasteiger partial charge in [0, 0.05) is 13.6 Å². The maximum absolute atomic E-state index is 11.1. The molecule has 0 bridgehead atoms. The van der Waals surface area contributed by atoms with Crippen molar-refractivity contribution in [3.63, 3.8) is 0 Å². The number of nitrogens with zero attached hydrogens (tertiary/aromatic N) is 4. The van der Waals surface area contributed by atoms with E-state index in [1.807, 2.05) is 18.9 Å². The van der Waals surface area contributed by atoms with Crippen molar-refractivity contribution in [3.05, 3.63) is 12.0 Å². The third-order valence-corrected chi connectivity index (χ3v) is 3.51. The van der Waals surface area contributed by atoms with Gasteiger partial charge in [-0.3, -0.25) is 4.79 Å². The van der Waals surface area contributed by atoms with Crippen LogP contribution in [0.2, 0.25) is 0 Å². The molecule has 2 aromatic rings. The lowest BCUT2D eigenvalue weighted by Crippen LogP contribution is -2.22. The fraction of sp³-hybridized carbons (Fsp3) is 0.455. The number of fused-ring (bicyclic) bond motifs is 1. The van der Waals surface area contributed by atoms with Gasteiger partial charge >= 0.3 is 5.97 Å². The Balaban J connectivity index is 2.24. The summed E-state index contributed by atoms with van der Waals surface area (Å²) in [6.07, 6.45) is 1.85. The maximum atomic E-state index is 11.1. The molecule has 0 aliphatic carbocycles. The zero-order valence-electron chi connectivity index (χ0n) is 10.5. The molecule has 0 spiro atoms. The summed E-state index contributed by atoms with van der Waals surface area (Å²) in [6, 6.07) is 0. The Morgan fingerprint density at radius 1 is 1.50 bits per heavy atom. The Kier molecular flexibility index (Phi) is 3.71. The Bertz CT molecular complexity index is 569. The van der Waals surface area contributed by atoms with Crippen LogP contribution < -0.4 is 4.90 Å². The van der Waals surface area contributed by atoms with Crippen LogP contribution in [0.4, 0.5) is 5.82 Å². The number of carbonyl (C=O) groups is 1. The first kappa shape index (κ1) is 12.7. The van der Waals surface area contributed by atoms with Crippen molar-refractivity contribution in [2.45, 2.75) is 13.3 Å². The van der Waals surface area contributed by atoms with Gasteiger partial charge in [0.15, 0.2) is 0 Å². The number of hydrogen-bond acceptors (Lipinski definition) is 7. The number of methoxy groups -OCH3 is 1. The second kappa shape index (κ2) is 5.26. The Labute approximate surface area is 109 Å². The van der Waals surface area contributed by atoms with Crippen LogP contribution in [0.25, 0.3) is 10.2 Å². The van der Waals surface area contributed by atoms with Crippen LogP contribution in [0.1, 0.15) is 12.1 Å². The number of aromatic nitrogens is 3. The number of aryl methyl sites for hydroxylation is 1. The van der Waals surface area contributed by atoms with Gasteiger partial charge in [-0.05, 0) is 18.5 Å². The first-order valence-corrected chi connectivity index (χ1v) is 6.25. The summed E-state index contributed by atoms with van der Waals surface area (Å²) in [7, 11) is 3.28. The highest BCUT2D eigenvalue weighted by atomic mass is 32.1. The Hall–Kier alpha value is -1.76. The first-order chi connectivity index (χ1) is 8.63. The van der Waals surface area contributed by atoms with E-state index in [4.69, 9.17) is 0 Å². The van der Waals surface area contributed by atoms with Crippen LogP contribution >= 0.6 is 11.5 Å². The summed E-state index contributed by atoms with van der Waals surface area (Å²) < 4.78 is 8.90. The predicted octanol–water partition coefficient (Wildman–Crippen LogP) is 1.39. The van der Waals surface area contributed by atoms with Gasteiger partial charge < -0.3 is 9.64 Å². The van der Waals surface area contributed by atoms with Crippen LogP contribution in [-0.2, 0) is 9.53 Å². The molecule has 0 unspecified atom stereocenters. The van der Waals surface area contributed by atoms with E-state index < -0.39 is 0 Å². The second-order valence-electron chi connectivity index (χ2n) is 3.89. The molecule has 0 N–H and O–H groups in total. The molecule has 0 amide bonds. The third-order valence-electron chi connectivity index (χ3n) is 2.66. The standard InChI is InChI=1S/C11H14N4O2S/c1-7-9-10(12-6-13-11(9)18-14-7)15(2)5-4-8(16)17-3/h6H,4-5H2,1-3H3. The summed E-state index contributed by atoms with van der Waals surface area (Å²) in [5, 5.41) is 0.954. The van der Waals surface area contributed by atoms with E-state index in [0.717, 1.165) is 21.7 Å². The zero-order chi connectivity index (χ0) is 13.1. The average Bonchev–Trinajstić information content (AvgIpc) is 2.77. The van der Waals surface area contributed by atoms with Crippen LogP contribution in [0, 0.1) is 6.92 Å². The lowest BCUT2D eigenvalue weighted by Gasteiger charge is -2.17. The van der Waals surface area contributed by atoms with E-state index in [-0.39, 0.29) is 5.97 Å². The number of anilines is 1. The normalized spacial score (nSPS) is 10.6. The van der Waals surface area contributed by atoms with Crippen molar-refractivity contribution in [2.24, 2.45) is 0 Å². The number of carbonyl (C=O) groups excluding carboxylic acids is 1. The van der Waals surface area contributed by atoms with Crippen molar-refractivity contribution in [3.8, 4) is 0 Å². The van der Waals surface area contributed by atoms with Gasteiger partial charge in [0.05, 0.1) is 24.6 Å². The minimum Gasteiger partial charge on any atom is -0.469 e. The molecule has 2 heterocycles. The summed E-state index contributed by atoms with van der Waals surface area (Å²) in [5.41, 5.74) is 0.913. The average molecular weight is 266 g/mol. The molecule has 0 saturated carbocycles. The number of rotatable bonds is 4. The van der Waals surface area contributed by atoms with Gasteiger partial charge in [-0.25, -0.2) is 9.97 Å². The van der Waals surface area contributed by atoms with Crippen molar-refractivity contribution in [2.75, 3.05) is 25.6 Å². The quantitative estimate of drug-likeness (QED) is 0.779. The van der Waals surface area contributed by atoms with Crippen LogP contribution in [-0.4, -0.2) is 41.0 Å². The van der Waals surface area contributed by atoms with Crippen molar-refractivity contribution < 1.29 is 9.53 Å². The van der Waals surface area contributed by atoms with E-state index in [2.05, 4.69) is 19.1 Å². The molecule has 0 aromatic carbocycles. The van der Waals surface area contributed by atoms with Crippen molar-refractivity contribution in [1.29, 1.82) is 0 Å². The first-order valence-electron chi connectivity index (χ1n) is 5.48. The zero-order valence-corrected chi connectivity index (χ0v) is 11.3. The smallest absolute Gasteiger partial charge is 0.307 e. The number of ether oxygens (including phenoxy) is 1. The highest BCUT2D eigenvalue weighted by molar-refractivity contribution is 7.13. The monoisotopic (exact) mass is 266 g/mol. The summed E-state index contributed by atoms with van der Waals surface area (Å²) in [5.74, 6) is 0.572. The topological polar surface area (TPSA) is 68.2 Å². The molecule has 0 atom stereocenters. The molecule has 0 radical (unpaired) electrons. The van der Waals surface area contributed by atoms with E-state index in [1.165, 1.54) is 25.0 Å². The fourth-order valence-corrected chi connectivity index (χ4v) is 2.40. The van der Waals surface area contributed by atoms with E-state index in [1.54, 1.807) is 0 Å². The minimum absolute atomic E-state index is 0.229. The number of hydrogen-bond donors (Lipinski definition) is 0. The van der Waals surface area contributed by atoms with E-state index >= 15 is 0 Å². The minimum atomic E-state index is -0.229. The second-order valence-corrected chi connectivity index (χ2v) is 4.64. The summed E-state index contributed by atoms with van der Waals surface area (Å²) in [6.45, 7) is 2.48. The van der Waals surface area contributed by atoms with Gasteiger partial charge in [0.25, 0.3) is 0 Å². The van der Waals surface area contributed by atoms with Crippen LogP contribution in [0.3, 0.4) is 0 Å². The Morgan fingerprint density at radius 3 is 3.00 bits per heavy atom. The van der Waals surface area contributed by atoms with E-state index in [9.17, 15) is 4.79 Å².